The van der Waals surface area contributed by atoms with E-state index in [0.717, 1.165) is 58.7 Å². The highest BCUT2D eigenvalue weighted by atomic mass is 32.1. The molecule has 3 heterocycles. The molecule has 0 saturated carbocycles. The third-order valence-corrected chi connectivity index (χ3v) is 9.11. The molecule has 1 aliphatic rings. The largest absolute Gasteiger partial charge is 0.458 e. The summed E-state index contributed by atoms with van der Waals surface area (Å²) in [4.78, 5) is 38.0. The van der Waals surface area contributed by atoms with Crippen LogP contribution in [0.5, 0.6) is 0 Å². The van der Waals surface area contributed by atoms with Crippen LogP contribution in [0.1, 0.15) is 93.1 Å². The summed E-state index contributed by atoms with van der Waals surface area (Å²) in [6, 6.07) is 7.90. The van der Waals surface area contributed by atoms with Gasteiger partial charge in [-0.3, -0.25) is 4.79 Å². The minimum atomic E-state index is -0.257. The van der Waals surface area contributed by atoms with Crippen LogP contribution in [0.4, 0.5) is 11.4 Å². The summed E-state index contributed by atoms with van der Waals surface area (Å²) in [5.74, 6) is 0.223. The maximum absolute atomic E-state index is 12.7. The monoisotopic (exact) mass is 526 g/mol. The van der Waals surface area contributed by atoms with Crippen molar-refractivity contribution in [3.05, 3.63) is 55.4 Å². The van der Waals surface area contributed by atoms with Gasteiger partial charge < -0.3 is 15.0 Å². The molecule has 1 fully saturated rings. The van der Waals surface area contributed by atoms with E-state index >= 15 is 0 Å². The molecule has 4 rings (SSSR count). The maximum atomic E-state index is 12.7. The third kappa shape index (κ3) is 5.95. The minimum Gasteiger partial charge on any atom is -0.458 e. The van der Waals surface area contributed by atoms with E-state index in [9.17, 15) is 9.59 Å². The second-order valence-corrected chi connectivity index (χ2v) is 11.9. The van der Waals surface area contributed by atoms with Gasteiger partial charge in [-0.1, -0.05) is 27.7 Å². The van der Waals surface area contributed by atoms with Gasteiger partial charge in [0.15, 0.2) is 0 Å². The van der Waals surface area contributed by atoms with Crippen LogP contribution in [-0.4, -0.2) is 41.0 Å². The molecule has 0 radical (unpaired) electrons. The fourth-order valence-electron chi connectivity index (χ4n) is 4.11. The highest BCUT2D eigenvalue weighted by molar-refractivity contribution is 7.14. The molecule has 1 aromatic carbocycles. The van der Waals surface area contributed by atoms with E-state index < -0.39 is 0 Å². The number of anilines is 2. The second kappa shape index (κ2) is 11.1. The molecule has 0 aliphatic carbocycles. The van der Waals surface area contributed by atoms with Gasteiger partial charge in [0.25, 0.3) is 5.91 Å². The summed E-state index contributed by atoms with van der Waals surface area (Å²) < 4.78 is 5.82. The van der Waals surface area contributed by atoms with Gasteiger partial charge in [-0.15, -0.1) is 22.7 Å². The molecule has 192 valence electrons. The van der Waals surface area contributed by atoms with E-state index in [1.165, 1.54) is 22.7 Å². The molecule has 1 amide bonds. The van der Waals surface area contributed by atoms with Crippen molar-refractivity contribution in [3.63, 3.8) is 0 Å². The first-order chi connectivity index (χ1) is 17.1. The van der Waals surface area contributed by atoms with Crippen LogP contribution in [0.2, 0.25) is 0 Å². The molecular formula is C27H34N4O3S2. The number of benzene rings is 1. The van der Waals surface area contributed by atoms with Crippen LogP contribution >= 0.6 is 22.7 Å². The Bertz CT molecular complexity index is 1220. The van der Waals surface area contributed by atoms with Crippen molar-refractivity contribution >= 4 is 45.9 Å². The van der Waals surface area contributed by atoms with Gasteiger partial charge in [0.2, 0.25) is 0 Å². The van der Waals surface area contributed by atoms with Crippen molar-refractivity contribution in [2.24, 2.45) is 0 Å². The number of aromatic nitrogens is 2. The van der Waals surface area contributed by atoms with Crippen LogP contribution < -0.4 is 10.2 Å². The lowest BCUT2D eigenvalue weighted by Crippen LogP contribution is -2.37. The van der Waals surface area contributed by atoms with E-state index in [1.807, 2.05) is 38.1 Å². The number of aryl methyl sites for hydroxylation is 2. The van der Waals surface area contributed by atoms with E-state index in [-0.39, 0.29) is 18.0 Å². The predicted octanol–water partition coefficient (Wildman–Crippen LogP) is 6.54. The van der Waals surface area contributed by atoms with Crippen LogP contribution in [0, 0.1) is 13.8 Å². The summed E-state index contributed by atoms with van der Waals surface area (Å²) in [5, 5.41) is 4.94. The third-order valence-electron chi connectivity index (χ3n) is 6.21. The number of amides is 1. The normalized spacial score (nSPS) is 14.5. The molecule has 0 unspecified atom stereocenters. The van der Waals surface area contributed by atoms with Crippen LogP contribution in [0.3, 0.4) is 0 Å². The number of hydrogen-bond acceptors (Lipinski definition) is 8. The number of piperidine rings is 1. The van der Waals surface area contributed by atoms with E-state index in [2.05, 4.69) is 47.9 Å². The van der Waals surface area contributed by atoms with Gasteiger partial charge in [-0.05, 0) is 38.1 Å². The molecule has 3 aromatic rings. The Morgan fingerprint density at radius 2 is 1.44 bits per heavy atom. The van der Waals surface area contributed by atoms with Crippen molar-refractivity contribution < 1.29 is 14.3 Å². The Balaban J connectivity index is 1.30. The molecule has 36 heavy (non-hydrogen) atoms. The lowest BCUT2D eigenvalue weighted by Gasteiger charge is -2.33. The van der Waals surface area contributed by atoms with Crippen molar-refractivity contribution in [1.29, 1.82) is 0 Å². The summed E-state index contributed by atoms with van der Waals surface area (Å²) in [6.45, 7) is 13.7. The van der Waals surface area contributed by atoms with Gasteiger partial charge >= 0.3 is 5.97 Å². The van der Waals surface area contributed by atoms with Gasteiger partial charge in [0, 0.05) is 49.1 Å². The summed E-state index contributed by atoms with van der Waals surface area (Å²) in [6.07, 6.45) is 1.47. The summed E-state index contributed by atoms with van der Waals surface area (Å²) >= 11 is 2.90. The molecule has 1 aliphatic heterocycles. The maximum Gasteiger partial charge on any atom is 0.350 e. The number of ether oxygens (including phenoxy) is 1. The molecule has 0 spiro atoms. The number of thiazole rings is 2. The molecule has 2 aromatic heterocycles. The molecular weight excluding hydrogens is 492 g/mol. The van der Waals surface area contributed by atoms with Crippen molar-refractivity contribution in [2.45, 2.75) is 72.3 Å². The Kier molecular flexibility index (Phi) is 8.10. The van der Waals surface area contributed by atoms with Crippen molar-refractivity contribution in [3.8, 4) is 0 Å². The number of carbonyl (C=O) groups is 2. The van der Waals surface area contributed by atoms with E-state index in [4.69, 9.17) is 4.74 Å². The van der Waals surface area contributed by atoms with Crippen molar-refractivity contribution in [2.75, 3.05) is 23.3 Å². The van der Waals surface area contributed by atoms with E-state index in [1.54, 1.807) is 0 Å². The number of nitrogens with zero attached hydrogens (tertiary/aromatic N) is 3. The zero-order chi connectivity index (χ0) is 26.0. The van der Waals surface area contributed by atoms with E-state index in [0.29, 0.717) is 21.6 Å². The Hall–Kier alpha value is -2.78. The lowest BCUT2D eigenvalue weighted by molar-refractivity contribution is 0.0249. The Morgan fingerprint density at radius 1 is 0.917 bits per heavy atom. The van der Waals surface area contributed by atoms with Crippen LogP contribution in [0.25, 0.3) is 0 Å². The molecule has 1 saturated heterocycles. The number of esters is 1. The minimum absolute atomic E-state index is 0.0883. The predicted molar refractivity (Wildman–Crippen MR) is 147 cm³/mol. The smallest absolute Gasteiger partial charge is 0.350 e. The molecule has 9 heteroatoms. The first-order valence-electron chi connectivity index (χ1n) is 12.4. The van der Waals surface area contributed by atoms with Gasteiger partial charge in [0.1, 0.15) is 15.9 Å². The lowest BCUT2D eigenvalue weighted by atomic mass is 10.1. The van der Waals surface area contributed by atoms with Crippen molar-refractivity contribution in [1.82, 2.24) is 9.97 Å². The topological polar surface area (TPSA) is 84.4 Å². The first-order valence-corrected chi connectivity index (χ1v) is 14.1. The fourth-order valence-corrected chi connectivity index (χ4v) is 6.03. The molecule has 0 atom stereocenters. The highest BCUT2D eigenvalue weighted by Crippen LogP contribution is 2.29. The van der Waals surface area contributed by atoms with Gasteiger partial charge in [0.05, 0.1) is 21.4 Å². The van der Waals surface area contributed by atoms with Crippen LogP contribution in [0.15, 0.2) is 24.3 Å². The second-order valence-electron chi connectivity index (χ2n) is 9.84. The summed E-state index contributed by atoms with van der Waals surface area (Å²) in [7, 11) is 0. The Morgan fingerprint density at radius 3 is 1.97 bits per heavy atom. The SMILES string of the molecule is Cc1nc(C(C)C)sc1C(=O)Nc1ccc(N2CCC(OC(=O)c3sc(C(C)C)nc3C)CC2)cc1. The number of rotatable bonds is 7. The summed E-state index contributed by atoms with van der Waals surface area (Å²) in [5.41, 5.74) is 3.37. The van der Waals surface area contributed by atoms with Crippen LogP contribution in [-0.2, 0) is 4.74 Å². The number of hydrogen-bond donors (Lipinski definition) is 1. The first kappa shape index (κ1) is 26.3. The molecule has 7 nitrogen and oxygen atoms in total. The zero-order valence-electron chi connectivity index (χ0n) is 21.8. The quantitative estimate of drug-likeness (QED) is 0.352. The number of carbonyl (C=O) groups excluding carboxylic acids is 2. The average Bonchev–Trinajstić information content (AvgIpc) is 3.43. The number of nitrogens with one attached hydrogen (secondary N) is 1. The van der Waals surface area contributed by atoms with Gasteiger partial charge in [-0.2, -0.15) is 0 Å². The highest BCUT2D eigenvalue weighted by Gasteiger charge is 2.26. The average molecular weight is 527 g/mol. The zero-order valence-corrected chi connectivity index (χ0v) is 23.4. The Labute approximate surface area is 220 Å². The van der Waals surface area contributed by atoms with Gasteiger partial charge in [-0.25, -0.2) is 14.8 Å². The molecule has 1 N–H and O–H groups in total. The molecule has 0 bridgehead atoms. The standard InChI is InChI=1S/C27H34N4O3S2/c1-15(2)25-28-17(5)22(35-25)24(32)30-19-7-9-20(10-8-19)31-13-11-21(12-14-31)34-27(33)23-18(6)29-26(36-23)16(3)4/h7-10,15-16,21H,11-14H2,1-6H3,(H,30,32). The fraction of sp³-hybridized carbons (Fsp3) is 0.481.